The molecular weight excluding hydrogens is 363 g/mol. The van der Waals surface area contributed by atoms with E-state index in [1.807, 2.05) is 0 Å². The minimum atomic E-state index is -4.76. The van der Waals surface area contributed by atoms with E-state index in [1.54, 1.807) is 24.3 Å². The van der Waals surface area contributed by atoms with Gasteiger partial charge in [-0.25, -0.2) is 0 Å². The predicted molar refractivity (Wildman–Crippen MR) is 91.8 cm³/mol. The molecule has 4 N–H and O–H groups in total. The number of carbonyl (C=O) groups excluding carboxylic acids is 1. The summed E-state index contributed by atoms with van der Waals surface area (Å²) in [5.74, 6) is -0.606. The molecule has 1 atom stereocenters. The van der Waals surface area contributed by atoms with E-state index in [-0.39, 0.29) is 5.69 Å². The summed E-state index contributed by atoms with van der Waals surface area (Å²) < 4.78 is 44.3. The lowest BCUT2D eigenvalue weighted by molar-refractivity contribution is -0.138. The van der Waals surface area contributed by atoms with Crippen molar-refractivity contribution in [1.82, 2.24) is 0 Å². The van der Waals surface area contributed by atoms with Gasteiger partial charge in [0.2, 0.25) is 0 Å². The standard InChI is InChI=1S/C18H16F3N3O3/c1-17(26,10-27-14-6-3-12(23)4-7-14)16(25)24-13-5-2-11(9-22)15(8-13)18(19,20)21/h2-8,26H,10,23H2,1H3,(H,24,25). The minimum Gasteiger partial charge on any atom is -0.490 e. The fraction of sp³-hybridized carbons (Fsp3) is 0.222. The van der Waals surface area contributed by atoms with Crippen molar-refractivity contribution in [1.29, 1.82) is 5.26 Å². The van der Waals surface area contributed by atoms with Crippen molar-refractivity contribution >= 4 is 17.3 Å². The molecule has 0 saturated carbocycles. The van der Waals surface area contributed by atoms with Crippen LogP contribution >= 0.6 is 0 Å². The molecular formula is C18H16F3N3O3. The van der Waals surface area contributed by atoms with Gasteiger partial charge in [0.1, 0.15) is 12.4 Å². The summed E-state index contributed by atoms with van der Waals surface area (Å²) >= 11 is 0. The Morgan fingerprint density at radius 1 is 1.26 bits per heavy atom. The number of hydrogen-bond acceptors (Lipinski definition) is 5. The number of nitrogen functional groups attached to an aromatic ring is 1. The SMILES string of the molecule is CC(O)(COc1ccc(N)cc1)C(=O)Nc1ccc(C#N)c(C(F)(F)F)c1. The molecule has 0 radical (unpaired) electrons. The molecule has 2 aromatic rings. The number of benzene rings is 2. The first kappa shape index (κ1) is 20.1. The lowest BCUT2D eigenvalue weighted by Gasteiger charge is -2.23. The van der Waals surface area contributed by atoms with Crippen LogP contribution in [0.1, 0.15) is 18.1 Å². The molecule has 0 heterocycles. The van der Waals surface area contributed by atoms with E-state index in [0.717, 1.165) is 19.1 Å². The van der Waals surface area contributed by atoms with Crippen LogP contribution in [0.15, 0.2) is 42.5 Å². The number of alkyl halides is 3. The molecule has 0 spiro atoms. The summed E-state index contributed by atoms with van der Waals surface area (Å²) in [6.45, 7) is 0.721. The second-order valence-electron chi connectivity index (χ2n) is 5.96. The second kappa shape index (κ2) is 7.55. The van der Waals surface area contributed by atoms with Gasteiger partial charge in [0, 0.05) is 11.4 Å². The summed E-state index contributed by atoms with van der Waals surface area (Å²) in [5.41, 5.74) is 2.06. The molecule has 0 bridgehead atoms. The highest BCUT2D eigenvalue weighted by Gasteiger charge is 2.35. The third kappa shape index (κ3) is 5.12. The first-order chi connectivity index (χ1) is 12.5. The van der Waals surface area contributed by atoms with Gasteiger partial charge in [0.25, 0.3) is 5.91 Å². The van der Waals surface area contributed by atoms with E-state index in [0.29, 0.717) is 17.5 Å². The van der Waals surface area contributed by atoms with Crippen molar-refractivity contribution in [3.8, 4) is 11.8 Å². The lowest BCUT2D eigenvalue weighted by atomic mass is 10.1. The second-order valence-corrected chi connectivity index (χ2v) is 5.96. The molecule has 0 saturated heterocycles. The molecule has 0 fully saturated rings. The van der Waals surface area contributed by atoms with Crippen LogP contribution in [0.4, 0.5) is 24.5 Å². The van der Waals surface area contributed by atoms with Crippen LogP contribution in [-0.4, -0.2) is 23.2 Å². The molecule has 0 aromatic heterocycles. The zero-order valence-electron chi connectivity index (χ0n) is 14.2. The van der Waals surface area contributed by atoms with Crippen LogP contribution in [0.3, 0.4) is 0 Å². The number of aliphatic hydroxyl groups is 1. The Labute approximate surface area is 153 Å². The number of carbonyl (C=O) groups is 1. The minimum absolute atomic E-state index is 0.209. The van der Waals surface area contributed by atoms with Crippen LogP contribution in [0.2, 0.25) is 0 Å². The van der Waals surface area contributed by atoms with Gasteiger partial charge in [-0.1, -0.05) is 0 Å². The van der Waals surface area contributed by atoms with Crippen molar-refractivity contribution < 1.29 is 27.8 Å². The monoisotopic (exact) mass is 379 g/mol. The van der Waals surface area contributed by atoms with E-state index in [4.69, 9.17) is 15.7 Å². The highest BCUT2D eigenvalue weighted by atomic mass is 19.4. The van der Waals surface area contributed by atoms with E-state index in [2.05, 4.69) is 5.32 Å². The van der Waals surface area contributed by atoms with Crippen LogP contribution in [-0.2, 0) is 11.0 Å². The summed E-state index contributed by atoms with van der Waals surface area (Å²) in [6.07, 6.45) is -4.76. The number of halogens is 3. The van der Waals surface area contributed by atoms with Gasteiger partial charge in [-0.2, -0.15) is 18.4 Å². The van der Waals surface area contributed by atoms with Crippen LogP contribution in [0, 0.1) is 11.3 Å². The fourth-order valence-corrected chi connectivity index (χ4v) is 2.07. The Morgan fingerprint density at radius 2 is 1.89 bits per heavy atom. The Morgan fingerprint density at radius 3 is 2.44 bits per heavy atom. The summed E-state index contributed by atoms with van der Waals surface area (Å²) in [6, 6.07) is 10.4. The van der Waals surface area contributed by atoms with Crippen LogP contribution in [0.25, 0.3) is 0 Å². The summed E-state index contributed by atoms with van der Waals surface area (Å²) in [5, 5.41) is 21.2. The molecule has 2 aromatic carbocycles. The van der Waals surface area contributed by atoms with Gasteiger partial charge < -0.3 is 20.9 Å². The molecule has 1 amide bonds. The molecule has 2 rings (SSSR count). The number of hydrogen-bond donors (Lipinski definition) is 3. The number of nitriles is 1. The average molecular weight is 379 g/mol. The third-order valence-electron chi connectivity index (χ3n) is 3.59. The van der Waals surface area contributed by atoms with Gasteiger partial charge >= 0.3 is 6.18 Å². The maximum absolute atomic E-state index is 13.0. The van der Waals surface area contributed by atoms with E-state index in [9.17, 15) is 23.1 Å². The van der Waals surface area contributed by atoms with Crippen LogP contribution in [0.5, 0.6) is 5.75 Å². The van der Waals surface area contributed by atoms with E-state index in [1.165, 1.54) is 6.07 Å². The maximum atomic E-state index is 13.0. The predicted octanol–water partition coefficient (Wildman–Crippen LogP) is 2.93. The molecule has 0 aliphatic heterocycles. The Hall–Kier alpha value is -3.25. The lowest BCUT2D eigenvalue weighted by Crippen LogP contribution is -2.45. The number of ether oxygens (including phenoxy) is 1. The van der Waals surface area contributed by atoms with Crippen molar-refractivity contribution in [3.05, 3.63) is 53.6 Å². The fourth-order valence-electron chi connectivity index (χ4n) is 2.07. The smallest absolute Gasteiger partial charge is 0.417 e. The molecule has 9 heteroatoms. The highest BCUT2D eigenvalue weighted by Crippen LogP contribution is 2.33. The van der Waals surface area contributed by atoms with Gasteiger partial charge in [0.15, 0.2) is 5.60 Å². The quantitative estimate of drug-likeness (QED) is 0.692. The van der Waals surface area contributed by atoms with E-state index < -0.39 is 35.4 Å². The van der Waals surface area contributed by atoms with Gasteiger partial charge in [-0.15, -0.1) is 0 Å². The first-order valence-electron chi connectivity index (χ1n) is 7.66. The first-order valence-corrected chi connectivity index (χ1v) is 7.66. The number of rotatable bonds is 5. The summed E-state index contributed by atoms with van der Waals surface area (Å²) in [7, 11) is 0. The Kier molecular flexibility index (Phi) is 5.61. The number of nitrogens with one attached hydrogen (secondary N) is 1. The molecule has 6 nitrogen and oxygen atoms in total. The largest absolute Gasteiger partial charge is 0.490 e. The zero-order chi connectivity index (χ0) is 20.2. The number of nitrogens with two attached hydrogens (primary N) is 1. The van der Waals surface area contributed by atoms with Crippen molar-refractivity contribution in [3.63, 3.8) is 0 Å². The summed E-state index contributed by atoms with van der Waals surface area (Å²) in [4.78, 5) is 12.2. The number of nitrogens with zero attached hydrogens (tertiary/aromatic N) is 1. The molecule has 1 unspecified atom stereocenters. The van der Waals surface area contributed by atoms with Crippen molar-refractivity contribution in [2.45, 2.75) is 18.7 Å². The molecule has 0 aliphatic carbocycles. The van der Waals surface area contributed by atoms with Crippen molar-refractivity contribution in [2.75, 3.05) is 17.7 Å². The Balaban J connectivity index is 2.11. The zero-order valence-corrected chi connectivity index (χ0v) is 14.2. The maximum Gasteiger partial charge on any atom is 0.417 e. The topological polar surface area (TPSA) is 108 Å². The van der Waals surface area contributed by atoms with E-state index >= 15 is 0 Å². The molecule has 0 aliphatic rings. The van der Waals surface area contributed by atoms with Gasteiger partial charge in [0.05, 0.1) is 17.2 Å². The average Bonchev–Trinajstić information content (AvgIpc) is 2.60. The van der Waals surface area contributed by atoms with Crippen LogP contribution < -0.4 is 15.8 Å². The number of amides is 1. The Bertz CT molecular complexity index is 872. The molecule has 142 valence electrons. The third-order valence-corrected chi connectivity index (χ3v) is 3.59. The molecule has 27 heavy (non-hydrogen) atoms. The number of anilines is 2. The van der Waals surface area contributed by atoms with Gasteiger partial charge in [-0.05, 0) is 49.4 Å². The van der Waals surface area contributed by atoms with Gasteiger partial charge in [-0.3, -0.25) is 4.79 Å². The highest BCUT2D eigenvalue weighted by molar-refractivity contribution is 5.97. The normalized spacial score (nSPS) is 13.3. The van der Waals surface area contributed by atoms with Crippen molar-refractivity contribution in [2.24, 2.45) is 0 Å².